The van der Waals surface area contributed by atoms with Gasteiger partial charge in [0.15, 0.2) is 0 Å². The van der Waals surface area contributed by atoms with Crippen LogP contribution in [0.15, 0.2) is 36.7 Å². The molecule has 1 fully saturated rings. The number of amides is 1. The number of anilines is 2. The van der Waals surface area contributed by atoms with Crippen LogP contribution in [0, 0.1) is 0 Å². The van der Waals surface area contributed by atoms with Crippen LogP contribution in [-0.2, 0) is 11.2 Å². The largest absolute Gasteiger partial charge is 0.450 e. The summed E-state index contributed by atoms with van der Waals surface area (Å²) in [5.41, 5.74) is 1.18. The maximum atomic E-state index is 11.8. The maximum absolute atomic E-state index is 11.8. The molecule has 0 atom stereocenters. The van der Waals surface area contributed by atoms with E-state index in [2.05, 4.69) is 26.3 Å². The number of carbonyl (C=O) groups excluding carboxylic acids is 1. The Labute approximate surface area is 164 Å². The van der Waals surface area contributed by atoms with Crippen molar-refractivity contribution >= 4 is 29.3 Å². The molecule has 1 aromatic carbocycles. The molecule has 3 rings (SSSR count). The van der Waals surface area contributed by atoms with Crippen molar-refractivity contribution in [3.05, 3.63) is 47.2 Å². The number of hydrogen-bond donors (Lipinski definition) is 1. The highest BCUT2D eigenvalue weighted by Gasteiger charge is 2.22. The number of nitrogens with one attached hydrogen (secondary N) is 1. The molecule has 0 saturated carbocycles. The molecule has 8 heteroatoms. The molecule has 1 saturated heterocycles. The van der Waals surface area contributed by atoms with Crippen LogP contribution in [0.2, 0.25) is 5.02 Å². The molecule has 0 spiro atoms. The van der Waals surface area contributed by atoms with Gasteiger partial charge in [0.05, 0.1) is 6.61 Å². The van der Waals surface area contributed by atoms with Crippen LogP contribution in [0.25, 0.3) is 0 Å². The molecule has 0 unspecified atom stereocenters. The Balaban J connectivity index is 1.51. The van der Waals surface area contributed by atoms with Gasteiger partial charge in [-0.2, -0.15) is 0 Å². The van der Waals surface area contributed by atoms with Gasteiger partial charge in [0, 0.05) is 43.8 Å². The van der Waals surface area contributed by atoms with Crippen molar-refractivity contribution < 1.29 is 9.53 Å². The van der Waals surface area contributed by atoms with Crippen LogP contribution in [0.1, 0.15) is 12.5 Å². The highest BCUT2D eigenvalue weighted by Crippen LogP contribution is 2.17. The molecule has 2 aromatic rings. The SMILES string of the molecule is CCOC(=O)N1CCN(c2cc(NCCc3cccc(Cl)c3)ncn2)CC1. The molecule has 1 aliphatic heterocycles. The first kappa shape index (κ1) is 19.2. The molecule has 27 heavy (non-hydrogen) atoms. The molecule has 1 N–H and O–H groups in total. The lowest BCUT2D eigenvalue weighted by Crippen LogP contribution is -2.49. The fourth-order valence-corrected chi connectivity index (χ4v) is 3.19. The predicted molar refractivity (Wildman–Crippen MR) is 106 cm³/mol. The Morgan fingerprint density at radius 3 is 2.78 bits per heavy atom. The number of aromatic nitrogens is 2. The molecular weight excluding hydrogens is 366 g/mol. The third-order valence-corrected chi connectivity index (χ3v) is 4.63. The van der Waals surface area contributed by atoms with Gasteiger partial charge in [-0.1, -0.05) is 23.7 Å². The Morgan fingerprint density at radius 2 is 2.04 bits per heavy atom. The summed E-state index contributed by atoms with van der Waals surface area (Å²) >= 11 is 6.02. The van der Waals surface area contributed by atoms with E-state index in [1.54, 1.807) is 11.2 Å². The summed E-state index contributed by atoms with van der Waals surface area (Å²) in [4.78, 5) is 24.3. The second-order valence-electron chi connectivity index (χ2n) is 6.24. The lowest BCUT2D eigenvalue weighted by molar-refractivity contribution is 0.105. The Kier molecular flexibility index (Phi) is 6.70. The second-order valence-corrected chi connectivity index (χ2v) is 6.68. The number of nitrogens with zero attached hydrogens (tertiary/aromatic N) is 4. The molecule has 7 nitrogen and oxygen atoms in total. The van der Waals surface area contributed by atoms with Crippen molar-refractivity contribution in [2.45, 2.75) is 13.3 Å². The van der Waals surface area contributed by atoms with E-state index in [1.807, 2.05) is 31.2 Å². The summed E-state index contributed by atoms with van der Waals surface area (Å²) in [5.74, 6) is 1.65. The van der Waals surface area contributed by atoms with Crippen LogP contribution < -0.4 is 10.2 Å². The molecule has 0 aliphatic carbocycles. The molecular formula is C19H24ClN5O2. The van der Waals surface area contributed by atoms with Crippen molar-refractivity contribution in [2.24, 2.45) is 0 Å². The van der Waals surface area contributed by atoms with E-state index in [0.29, 0.717) is 19.7 Å². The standard InChI is InChI=1S/C19H24ClN5O2/c1-2-27-19(26)25-10-8-24(9-11-25)18-13-17(22-14-23-18)21-7-6-15-4-3-5-16(20)12-15/h3-5,12-14H,2,6-11H2,1H3,(H,21,22,23). The average molecular weight is 390 g/mol. The van der Waals surface area contributed by atoms with Gasteiger partial charge in [0.25, 0.3) is 0 Å². The van der Waals surface area contributed by atoms with E-state index in [9.17, 15) is 4.79 Å². The minimum Gasteiger partial charge on any atom is -0.450 e. The predicted octanol–water partition coefficient (Wildman–Crippen LogP) is 3.06. The van der Waals surface area contributed by atoms with Crippen LogP contribution in [0.4, 0.5) is 16.4 Å². The maximum Gasteiger partial charge on any atom is 0.409 e. The Bertz CT molecular complexity index is 765. The molecule has 1 aliphatic rings. The topological polar surface area (TPSA) is 70.6 Å². The number of hydrogen-bond acceptors (Lipinski definition) is 6. The normalized spacial score (nSPS) is 14.1. The monoisotopic (exact) mass is 389 g/mol. The van der Waals surface area contributed by atoms with Crippen LogP contribution >= 0.6 is 11.6 Å². The lowest BCUT2D eigenvalue weighted by Gasteiger charge is -2.34. The Hall–Kier alpha value is -2.54. The lowest BCUT2D eigenvalue weighted by atomic mass is 10.1. The molecule has 1 aromatic heterocycles. The third kappa shape index (κ3) is 5.47. The van der Waals surface area contributed by atoms with Crippen molar-refractivity contribution in [2.75, 3.05) is 49.5 Å². The van der Waals surface area contributed by atoms with E-state index in [-0.39, 0.29) is 6.09 Å². The molecule has 0 bridgehead atoms. The number of carbonyl (C=O) groups is 1. The van der Waals surface area contributed by atoms with Crippen LogP contribution in [-0.4, -0.2) is 60.3 Å². The molecule has 1 amide bonds. The second kappa shape index (κ2) is 9.41. The first-order valence-corrected chi connectivity index (χ1v) is 9.50. The number of halogens is 1. The van der Waals surface area contributed by atoms with Crippen molar-refractivity contribution in [1.29, 1.82) is 0 Å². The first-order valence-electron chi connectivity index (χ1n) is 9.12. The van der Waals surface area contributed by atoms with Crippen LogP contribution in [0.3, 0.4) is 0 Å². The molecule has 0 radical (unpaired) electrons. The number of ether oxygens (including phenoxy) is 1. The minimum atomic E-state index is -0.247. The number of benzene rings is 1. The van der Waals surface area contributed by atoms with E-state index in [0.717, 1.165) is 42.7 Å². The molecule has 144 valence electrons. The van der Waals surface area contributed by atoms with Gasteiger partial charge in [-0.25, -0.2) is 14.8 Å². The summed E-state index contributed by atoms with van der Waals surface area (Å²) in [5, 5.41) is 4.08. The van der Waals surface area contributed by atoms with Gasteiger partial charge >= 0.3 is 6.09 Å². The summed E-state index contributed by atoms with van der Waals surface area (Å²) in [7, 11) is 0. The van der Waals surface area contributed by atoms with Crippen molar-refractivity contribution in [1.82, 2.24) is 14.9 Å². The van der Waals surface area contributed by atoms with Crippen molar-refractivity contribution in [3.63, 3.8) is 0 Å². The smallest absolute Gasteiger partial charge is 0.409 e. The summed E-state index contributed by atoms with van der Waals surface area (Å²) in [6.07, 6.45) is 2.18. The van der Waals surface area contributed by atoms with E-state index in [1.165, 1.54) is 5.56 Å². The zero-order valence-corrected chi connectivity index (χ0v) is 16.2. The summed E-state index contributed by atoms with van der Waals surface area (Å²) in [6.45, 7) is 5.66. The fraction of sp³-hybridized carbons (Fsp3) is 0.421. The van der Waals surface area contributed by atoms with Gasteiger partial charge in [-0.05, 0) is 31.0 Å². The minimum absolute atomic E-state index is 0.247. The van der Waals surface area contributed by atoms with Gasteiger partial charge in [0.2, 0.25) is 0 Å². The van der Waals surface area contributed by atoms with Gasteiger partial charge in [0.1, 0.15) is 18.0 Å². The quantitative estimate of drug-likeness (QED) is 0.818. The highest BCUT2D eigenvalue weighted by molar-refractivity contribution is 6.30. The van der Waals surface area contributed by atoms with Crippen molar-refractivity contribution in [3.8, 4) is 0 Å². The number of rotatable bonds is 6. The Morgan fingerprint density at radius 1 is 1.22 bits per heavy atom. The third-order valence-electron chi connectivity index (χ3n) is 4.39. The van der Waals surface area contributed by atoms with E-state index in [4.69, 9.17) is 16.3 Å². The van der Waals surface area contributed by atoms with Crippen LogP contribution in [0.5, 0.6) is 0 Å². The zero-order chi connectivity index (χ0) is 19.1. The first-order chi connectivity index (χ1) is 13.2. The fourth-order valence-electron chi connectivity index (χ4n) is 2.98. The average Bonchev–Trinajstić information content (AvgIpc) is 2.69. The van der Waals surface area contributed by atoms with E-state index < -0.39 is 0 Å². The number of piperazine rings is 1. The summed E-state index contributed by atoms with van der Waals surface area (Å²) in [6, 6.07) is 9.80. The van der Waals surface area contributed by atoms with Gasteiger partial charge < -0.3 is 19.9 Å². The van der Waals surface area contributed by atoms with Gasteiger partial charge in [-0.3, -0.25) is 0 Å². The molecule has 2 heterocycles. The zero-order valence-electron chi connectivity index (χ0n) is 15.4. The highest BCUT2D eigenvalue weighted by atomic mass is 35.5. The summed E-state index contributed by atoms with van der Waals surface area (Å²) < 4.78 is 5.05. The van der Waals surface area contributed by atoms with Gasteiger partial charge in [-0.15, -0.1) is 0 Å². The van der Waals surface area contributed by atoms with E-state index >= 15 is 0 Å².